The fourth-order valence-electron chi connectivity index (χ4n) is 4.27. The fourth-order valence-corrected chi connectivity index (χ4v) is 4.27. The summed E-state index contributed by atoms with van der Waals surface area (Å²) in [7, 11) is 1.91. The van der Waals surface area contributed by atoms with E-state index in [-0.39, 0.29) is 29.6 Å². The molecule has 0 bridgehead atoms. The third kappa shape index (κ3) is 7.11. The Hall–Kier alpha value is -2.76. The van der Waals surface area contributed by atoms with Crippen molar-refractivity contribution in [2.75, 3.05) is 24.2 Å². The number of amides is 1. The molecule has 2 atom stereocenters. The van der Waals surface area contributed by atoms with Gasteiger partial charge in [0, 0.05) is 31.2 Å². The highest BCUT2D eigenvalue weighted by Gasteiger charge is 2.38. The van der Waals surface area contributed by atoms with E-state index in [9.17, 15) is 4.79 Å². The van der Waals surface area contributed by atoms with Gasteiger partial charge in [0.2, 0.25) is 0 Å². The molecule has 1 heterocycles. The van der Waals surface area contributed by atoms with Crippen LogP contribution in [0, 0.1) is 10.8 Å². The first-order valence-corrected chi connectivity index (χ1v) is 12.0. The van der Waals surface area contributed by atoms with Gasteiger partial charge in [-0.05, 0) is 47.8 Å². The highest BCUT2D eigenvalue weighted by molar-refractivity contribution is 5.68. The minimum Gasteiger partial charge on any atom is -0.445 e. The van der Waals surface area contributed by atoms with Gasteiger partial charge in [-0.25, -0.2) is 9.78 Å². The minimum absolute atomic E-state index is 0.00229. The third-order valence-corrected chi connectivity index (χ3v) is 6.49. The van der Waals surface area contributed by atoms with Gasteiger partial charge in [0.1, 0.15) is 12.4 Å². The summed E-state index contributed by atoms with van der Waals surface area (Å²) in [6.45, 7) is 12.2. The van der Waals surface area contributed by atoms with Crippen molar-refractivity contribution in [3.05, 3.63) is 53.7 Å². The zero-order chi connectivity index (χ0) is 24.1. The maximum absolute atomic E-state index is 12.5. The van der Waals surface area contributed by atoms with Crippen molar-refractivity contribution >= 4 is 17.6 Å². The van der Waals surface area contributed by atoms with Crippen LogP contribution in [-0.2, 0) is 11.3 Å². The lowest BCUT2D eigenvalue weighted by molar-refractivity contribution is 0.106. The lowest BCUT2D eigenvalue weighted by Gasteiger charge is -2.42. The summed E-state index contributed by atoms with van der Waals surface area (Å²) in [6.07, 6.45) is 2.55. The van der Waals surface area contributed by atoms with Crippen LogP contribution in [0.15, 0.2) is 42.5 Å². The van der Waals surface area contributed by atoms with E-state index >= 15 is 0 Å². The molecule has 1 aromatic carbocycles. The number of ether oxygens (including phenoxy) is 1. The second-order valence-electron chi connectivity index (χ2n) is 11.0. The van der Waals surface area contributed by atoms with Gasteiger partial charge in [0.15, 0.2) is 0 Å². The molecule has 2 aromatic rings. The molecule has 1 aliphatic rings. The number of nitrogens with zero attached hydrogens (tertiary/aromatic N) is 1. The van der Waals surface area contributed by atoms with Crippen molar-refractivity contribution in [3.8, 4) is 0 Å². The Morgan fingerprint density at radius 1 is 1.15 bits per heavy atom. The highest BCUT2D eigenvalue weighted by Crippen LogP contribution is 2.43. The predicted molar refractivity (Wildman–Crippen MR) is 136 cm³/mol. The van der Waals surface area contributed by atoms with E-state index in [1.807, 2.05) is 37.4 Å². The summed E-state index contributed by atoms with van der Waals surface area (Å²) >= 11 is 0. The zero-order valence-corrected chi connectivity index (χ0v) is 21.0. The van der Waals surface area contributed by atoms with E-state index in [0.29, 0.717) is 5.92 Å². The number of carbonyl (C=O) groups excluding carboxylic acids is 1. The number of hydrogen-bond donors (Lipinski definition) is 3. The third-order valence-electron chi connectivity index (χ3n) is 6.49. The highest BCUT2D eigenvalue weighted by atomic mass is 16.5. The molecule has 1 saturated carbocycles. The van der Waals surface area contributed by atoms with Crippen LogP contribution >= 0.6 is 0 Å². The van der Waals surface area contributed by atoms with Crippen LogP contribution in [0.25, 0.3) is 0 Å². The molecule has 180 valence electrons. The molecule has 6 nitrogen and oxygen atoms in total. The van der Waals surface area contributed by atoms with E-state index in [0.717, 1.165) is 48.6 Å². The van der Waals surface area contributed by atoms with Gasteiger partial charge < -0.3 is 20.7 Å². The van der Waals surface area contributed by atoms with Gasteiger partial charge in [-0.3, -0.25) is 0 Å². The summed E-state index contributed by atoms with van der Waals surface area (Å²) in [5.41, 5.74) is 3.26. The van der Waals surface area contributed by atoms with Crippen molar-refractivity contribution in [1.29, 1.82) is 0 Å². The Kier molecular flexibility index (Phi) is 7.88. The molecule has 6 heteroatoms. The van der Waals surface area contributed by atoms with Crippen molar-refractivity contribution in [1.82, 2.24) is 10.3 Å². The second kappa shape index (κ2) is 10.4. The first-order valence-electron chi connectivity index (χ1n) is 12.0. The van der Waals surface area contributed by atoms with Gasteiger partial charge >= 0.3 is 6.09 Å². The molecule has 1 fully saturated rings. The average Bonchev–Trinajstić information content (AvgIpc) is 2.77. The van der Waals surface area contributed by atoms with Crippen molar-refractivity contribution in [2.24, 2.45) is 10.8 Å². The molecule has 3 N–H and O–H groups in total. The Balaban J connectivity index is 1.65. The van der Waals surface area contributed by atoms with E-state index in [2.05, 4.69) is 62.7 Å². The molecular weight excluding hydrogens is 412 g/mol. The number of alkyl carbamates (subject to hydrolysis) is 1. The lowest BCUT2D eigenvalue weighted by atomic mass is 9.68. The summed E-state index contributed by atoms with van der Waals surface area (Å²) < 4.78 is 5.49. The Morgan fingerprint density at radius 2 is 1.88 bits per heavy atom. The number of nitrogens with one attached hydrogen (secondary N) is 3. The van der Waals surface area contributed by atoms with Crippen molar-refractivity contribution < 1.29 is 9.53 Å². The van der Waals surface area contributed by atoms with Crippen LogP contribution in [-0.4, -0.2) is 30.7 Å². The second-order valence-corrected chi connectivity index (χ2v) is 11.0. The predicted octanol–water partition coefficient (Wildman–Crippen LogP) is 6.17. The topological polar surface area (TPSA) is 75.3 Å². The molecule has 2 unspecified atom stereocenters. The van der Waals surface area contributed by atoms with E-state index < -0.39 is 0 Å². The first-order chi connectivity index (χ1) is 15.6. The van der Waals surface area contributed by atoms with Gasteiger partial charge in [-0.15, -0.1) is 0 Å². The average molecular weight is 453 g/mol. The summed E-state index contributed by atoms with van der Waals surface area (Å²) in [4.78, 5) is 17.5. The number of anilines is 2. The Morgan fingerprint density at radius 3 is 2.55 bits per heavy atom. The van der Waals surface area contributed by atoms with Gasteiger partial charge in [0.25, 0.3) is 0 Å². The van der Waals surface area contributed by atoms with Crippen LogP contribution in [0.3, 0.4) is 0 Å². The first kappa shape index (κ1) is 24.9. The molecule has 0 aliphatic heterocycles. The number of aromatic nitrogens is 1. The molecule has 1 amide bonds. The van der Waals surface area contributed by atoms with Gasteiger partial charge in [-0.2, -0.15) is 0 Å². The number of carbonyl (C=O) groups is 1. The maximum atomic E-state index is 12.5. The zero-order valence-electron chi connectivity index (χ0n) is 21.0. The molecule has 1 aliphatic carbocycles. The molecule has 0 radical (unpaired) electrons. The molecule has 0 spiro atoms. The van der Waals surface area contributed by atoms with Crippen LogP contribution in [0.1, 0.15) is 71.1 Å². The largest absolute Gasteiger partial charge is 0.445 e. The number of pyridine rings is 1. The van der Waals surface area contributed by atoms with Crippen LogP contribution < -0.4 is 16.0 Å². The van der Waals surface area contributed by atoms with Crippen LogP contribution in [0.5, 0.6) is 0 Å². The number of rotatable bonds is 7. The molecular formula is C27H40N4O2. The quantitative estimate of drug-likeness (QED) is 0.468. The normalized spacial score (nSPS) is 20.1. The van der Waals surface area contributed by atoms with Gasteiger partial charge in [-0.1, -0.05) is 65.0 Å². The SMILES string of the molecule is CNc1nc(C2CCC(C)(C)C(NC(=O)OCc3ccccc3)C2)ccc1NCC(C)(C)C. The van der Waals surface area contributed by atoms with E-state index in [1.165, 1.54) is 0 Å². The lowest BCUT2D eigenvalue weighted by Crippen LogP contribution is -2.48. The minimum atomic E-state index is -0.358. The number of hydrogen-bond acceptors (Lipinski definition) is 5. The summed E-state index contributed by atoms with van der Waals surface area (Å²) in [5.74, 6) is 1.16. The molecule has 33 heavy (non-hydrogen) atoms. The molecule has 3 rings (SSSR count). The smallest absolute Gasteiger partial charge is 0.407 e. The van der Waals surface area contributed by atoms with Gasteiger partial charge in [0.05, 0.1) is 5.69 Å². The summed E-state index contributed by atoms with van der Waals surface area (Å²) in [5, 5.41) is 9.89. The standard InChI is InChI=1S/C27H40N4O2/c1-26(2,3)18-29-22-13-12-21(30-24(22)28-6)20-14-15-27(4,5)23(16-20)31-25(32)33-17-19-10-8-7-9-11-19/h7-13,20,23,29H,14-18H2,1-6H3,(H,28,30)(H,31,32). The van der Waals surface area contributed by atoms with E-state index in [4.69, 9.17) is 9.72 Å². The monoisotopic (exact) mass is 452 g/mol. The molecule has 0 saturated heterocycles. The van der Waals surface area contributed by atoms with Crippen LogP contribution in [0.2, 0.25) is 0 Å². The fraction of sp³-hybridized carbons (Fsp3) is 0.556. The number of benzene rings is 1. The molecule has 1 aromatic heterocycles. The van der Waals surface area contributed by atoms with Crippen LogP contribution in [0.4, 0.5) is 16.3 Å². The Labute approximate surface area is 198 Å². The van der Waals surface area contributed by atoms with Crippen molar-refractivity contribution in [3.63, 3.8) is 0 Å². The Bertz CT molecular complexity index is 921. The van der Waals surface area contributed by atoms with E-state index in [1.54, 1.807) is 0 Å². The van der Waals surface area contributed by atoms with Crippen molar-refractivity contribution in [2.45, 2.75) is 72.4 Å². The summed E-state index contributed by atoms with van der Waals surface area (Å²) in [6, 6.07) is 14.0. The maximum Gasteiger partial charge on any atom is 0.407 e.